The minimum Gasteiger partial charge on any atom is -0.348 e. The van der Waals surface area contributed by atoms with Crippen molar-refractivity contribution in [3.05, 3.63) is 55.4 Å². The molecule has 3 heterocycles. The molecule has 1 saturated heterocycles. The highest BCUT2D eigenvalue weighted by atomic mass is 16.2. The van der Waals surface area contributed by atoms with Gasteiger partial charge in [0.1, 0.15) is 5.56 Å². The lowest BCUT2D eigenvalue weighted by molar-refractivity contribution is 0.0788. The summed E-state index contributed by atoms with van der Waals surface area (Å²) in [5.74, 6) is 0.245. The molecule has 0 saturated carbocycles. The first-order valence-corrected chi connectivity index (χ1v) is 9.75. The van der Waals surface area contributed by atoms with Crippen molar-refractivity contribution in [2.24, 2.45) is 0 Å². The molecule has 1 aliphatic heterocycles. The largest absolute Gasteiger partial charge is 0.348 e. The summed E-state index contributed by atoms with van der Waals surface area (Å²) in [6, 6.07) is 3.27. The molecular weight excluding hydrogens is 358 g/mol. The molecule has 1 atom stereocenters. The van der Waals surface area contributed by atoms with Gasteiger partial charge in [0, 0.05) is 44.9 Å². The Kier molecular flexibility index (Phi) is 4.78. The lowest BCUT2D eigenvalue weighted by Crippen LogP contribution is -2.34. The van der Waals surface area contributed by atoms with Crippen LogP contribution in [-0.4, -0.2) is 52.9 Å². The van der Waals surface area contributed by atoms with E-state index in [0.717, 1.165) is 43.4 Å². The Hall–Kier alpha value is -2.90. The number of nitrogens with zero attached hydrogens (tertiary/aromatic N) is 3. The smallest absolute Gasteiger partial charge is 0.261 e. The molecule has 0 radical (unpaired) electrons. The summed E-state index contributed by atoms with van der Waals surface area (Å²) < 4.78 is 0. The van der Waals surface area contributed by atoms with Crippen LogP contribution >= 0.6 is 0 Å². The molecule has 8 nitrogen and oxygen atoms in total. The van der Waals surface area contributed by atoms with Crippen molar-refractivity contribution in [1.29, 1.82) is 0 Å². The summed E-state index contributed by atoms with van der Waals surface area (Å²) in [6.45, 7) is 1.00. The van der Waals surface area contributed by atoms with E-state index in [2.05, 4.69) is 15.0 Å². The highest BCUT2D eigenvalue weighted by Crippen LogP contribution is 2.27. The molecule has 8 heteroatoms. The van der Waals surface area contributed by atoms with E-state index >= 15 is 0 Å². The normalized spacial score (nSPS) is 18.8. The molecule has 1 amide bonds. The van der Waals surface area contributed by atoms with Gasteiger partial charge in [0.15, 0.2) is 0 Å². The summed E-state index contributed by atoms with van der Waals surface area (Å²) in [4.78, 5) is 50.9. The number of aryl methyl sites for hydroxylation is 2. The van der Waals surface area contributed by atoms with Crippen LogP contribution in [0.2, 0.25) is 0 Å². The van der Waals surface area contributed by atoms with Crippen molar-refractivity contribution in [2.45, 2.75) is 38.0 Å². The fourth-order valence-electron chi connectivity index (χ4n) is 4.07. The molecule has 2 aromatic heterocycles. The molecule has 2 aliphatic rings. The number of amides is 1. The van der Waals surface area contributed by atoms with Gasteiger partial charge in [-0.25, -0.2) is 4.98 Å². The molecule has 0 aromatic carbocycles. The van der Waals surface area contributed by atoms with Gasteiger partial charge in [-0.15, -0.1) is 0 Å². The molecule has 0 bridgehead atoms. The zero-order valence-corrected chi connectivity index (χ0v) is 16.2. The highest BCUT2D eigenvalue weighted by molar-refractivity contribution is 5.94. The monoisotopic (exact) mass is 383 g/mol. The van der Waals surface area contributed by atoms with Gasteiger partial charge >= 0.3 is 0 Å². The number of fused-ring (bicyclic) bond motifs is 1. The lowest BCUT2D eigenvalue weighted by atomic mass is 9.95. The van der Waals surface area contributed by atoms with Crippen LogP contribution in [0.15, 0.2) is 21.7 Å². The third-order valence-electron chi connectivity index (χ3n) is 5.63. The Balaban J connectivity index is 1.56. The van der Waals surface area contributed by atoms with Gasteiger partial charge in [0.25, 0.3) is 17.0 Å². The second-order valence-electron chi connectivity index (χ2n) is 7.85. The van der Waals surface area contributed by atoms with Crippen LogP contribution < -0.4 is 16.0 Å². The summed E-state index contributed by atoms with van der Waals surface area (Å²) >= 11 is 0. The first-order valence-electron chi connectivity index (χ1n) is 9.75. The predicted octanol–water partition coefficient (Wildman–Crippen LogP) is 1.03. The number of hydrogen-bond acceptors (Lipinski definition) is 5. The number of H-pyrrole nitrogens is 2. The van der Waals surface area contributed by atoms with Crippen LogP contribution in [0, 0.1) is 0 Å². The Morgan fingerprint density at radius 2 is 1.96 bits per heavy atom. The van der Waals surface area contributed by atoms with Crippen LogP contribution in [0.5, 0.6) is 0 Å². The number of anilines is 1. The summed E-state index contributed by atoms with van der Waals surface area (Å²) in [7, 11) is 3.63. The number of carbonyl (C=O) groups is 1. The Morgan fingerprint density at radius 1 is 1.18 bits per heavy atom. The molecule has 2 aromatic rings. The average Bonchev–Trinajstić information content (AvgIpc) is 3.16. The Bertz CT molecular complexity index is 1020. The van der Waals surface area contributed by atoms with E-state index in [1.54, 1.807) is 15.9 Å². The zero-order valence-electron chi connectivity index (χ0n) is 16.2. The zero-order chi connectivity index (χ0) is 19.8. The minimum atomic E-state index is -0.307. The number of aromatic amines is 2. The van der Waals surface area contributed by atoms with Crippen molar-refractivity contribution in [1.82, 2.24) is 19.9 Å². The predicted molar refractivity (Wildman–Crippen MR) is 106 cm³/mol. The SMILES string of the molecule is CN(C)c1nc([C@@H]2CCN(C(=O)c3cc4c([nH]c3=O)CCCC4)C2)cc(=O)[nH]1. The second kappa shape index (κ2) is 7.26. The molecule has 148 valence electrons. The van der Waals surface area contributed by atoms with E-state index in [4.69, 9.17) is 0 Å². The van der Waals surface area contributed by atoms with E-state index in [-0.39, 0.29) is 28.5 Å². The van der Waals surface area contributed by atoms with Gasteiger partial charge in [0.2, 0.25) is 5.95 Å². The van der Waals surface area contributed by atoms with Crippen LogP contribution in [0.25, 0.3) is 0 Å². The molecule has 4 rings (SSSR count). The number of likely N-dealkylation sites (tertiary alicyclic amines) is 1. The number of rotatable bonds is 3. The molecule has 0 unspecified atom stereocenters. The molecule has 1 fully saturated rings. The average molecular weight is 383 g/mol. The van der Waals surface area contributed by atoms with E-state index in [1.165, 1.54) is 6.07 Å². The summed E-state index contributed by atoms with van der Waals surface area (Å²) in [5, 5.41) is 0. The van der Waals surface area contributed by atoms with Crippen LogP contribution in [0.1, 0.15) is 52.5 Å². The maximum atomic E-state index is 13.0. The molecule has 0 spiro atoms. The van der Waals surface area contributed by atoms with Crippen LogP contribution in [0.4, 0.5) is 5.95 Å². The topological polar surface area (TPSA) is 102 Å². The number of nitrogens with one attached hydrogen (secondary N) is 2. The van der Waals surface area contributed by atoms with Crippen molar-refractivity contribution < 1.29 is 4.79 Å². The second-order valence-corrected chi connectivity index (χ2v) is 7.85. The fraction of sp³-hybridized carbons (Fsp3) is 0.500. The molecule has 2 N–H and O–H groups in total. The number of pyridine rings is 1. The third kappa shape index (κ3) is 3.46. The highest BCUT2D eigenvalue weighted by Gasteiger charge is 2.31. The van der Waals surface area contributed by atoms with E-state index in [9.17, 15) is 14.4 Å². The summed E-state index contributed by atoms with van der Waals surface area (Å²) in [5.41, 5.74) is 2.44. The number of hydrogen-bond donors (Lipinski definition) is 2. The first-order chi connectivity index (χ1) is 13.4. The van der Waals surface area contributed by atoms with Gasteiger partial charge in [-0.1, -0.05) is 0 Å². The quantitative estimate of drug-likeness (QED) is 0.824. The minimum absolute atomic E-state index is 0.0124. The number of carbonyl (C=O) groups excluding carboxylic acids is 1. The Labute approximate surface area is 162 Å². The van der Waals surface area contributed by atoms with Gasteiger partial charge in [-0.05, 0) is 43.7 Å². The molecule has 28 heavy (non-hydrogen) atoms. The summed E-state index contributed by atoms with van der Waals surface area (Å²) in [6.07, 6.45) is 4.65. The van der Waals surface area contributed by atoms with Crippen molar-refractivity contribution in [3.8, 4) is 0 Å². The standard InChI is InChI=1S/C20H25N5O3/c1-24(2)20-22-16(10-17(26)23-20)13-7-8-25(11-13)19(28)14-9-12-5-3-4-6-15(12)21-18(14)27/h9-10,13H,3-8,11H2,1-2H3,(H,21,27)(H,22,23,26)/t13-/m1/s1. The third-order valence-corrected chi connectivity index (χ3v) is 5.63. The van der Waals surface area contributed by atoms with E-state index < -0.39 is 0 Å². The number of aromatic nitrogens is 3. The van der Waals surface area contributed by atoms with E-state index in [1.807, 2.05) is 14.1 Å². The molecule has 1 aliphatic carbocycles. The van der Waals surface area contributed by atoms with Gasteiger partial charge < -0.3 is 14.8 Å². The van der Waals surface area contributed by atoms with Gasteiger partial charge in [0.05, 0.1) is 5.69 Å². The lowest BCUT2D eigenvalue weighted by Gasteiger charge is -2.19. The van der Waals surface area contributed by atoms with Crippen molar-refractivity contribution in [3.63, 3.8) is 0 Å². The van der Waals surface area contributed by atoms with Crippen LogP contribution in [0.3, 0.4) is 0 Å². The molecular formula is C20H25N5O3. The maximum absolute atomic E-state index is 13.0. The van der Waals surface area contributed by atoms with Gasteiger partial charge in [-0.3, -0.25) is 19.4 Å². The fourth-order valence-corrected chi connectivity index (χ4v) is 4.07. The van der Waals surface area contributed by atoms with Crippen LogP contribution in [-0.2, 0) is 12.8 Å². The van der Waals surface area contributed by atoms with Crippen molar-refractivity contribution >= 4 is 11.9 Å². The van der Waals surface area contributed by atoms with Crippen molar-refractivity contribution in [2.75, 3.05) is 32.1 Å². The Morgan fingerprint density at radius 3 is 2.75 bits per heavy atom. The first kappa shape index (κ1) is 18.5. The maximum Gasteiger partial charge on any atom is 0.261 e. The van der Waals surface area contributed by atoms with Gasteiger partial charge in [-0.2, -0.15) is 0 Å². The van der Waals surface area contributed by atoms with E-state index in [0.29, 0.717) is 24.7 Å².